The van der Waals surface area contributed by atoms with Crippen molar-refractivity contribution in [2.75, 3.05) is 46.0 Å². The molecule has 0 N–H and O–H groups in total. The molecule has 0 bridgehead atoms. The van der Waals surface area contributed by atoms with Crippen LogP contribution in [0.2, 0.25) is 0 Å². The van der Waals surface area contributed by atoms with E-state index in [4.69, 9.17) is 18.9 Å². The summed E-state index contributed by atoms with van der Waals surface area (Å²) in [6, 6.07) is 10.6. The zero-order chi connectivity index (χ0) is 26.2. The fourth-order valence-electron chi connectivity index (χ4n) is 5.21. The van der Waals surface area contributed by atoms with Crippen LogP contribution in [0.1, 0.15) is 56.8 Å². The van der Waals surface area contributed by atoms with Crippen LogP contribution in [0, 0.1) is 5.82 Å². The Kier molecular flexibility index (Phi) is 9.50. The highest BCUT2D eigenvalue weighted by molar-refractivity contribution is 5.95. The Hall–Kier alpha value is -3.00. The minimum atomic E-state index is -0.309. The average Bonchev–Trinajstić information content (AvgIpc) is 2.92. The highest BCUT2D eigenvalue weighted by Gasteiger charge is 2.31. The summed E-state index contributed by atoms with van der Waals surface area (Å²) in [5, 5.41) is 0. The highest BCUT2D eigenvalue weighted by Crippen LogP contribution is 2.39. The van der Waals surface area contributed by atoms with Crippen LogP contribution in [-0.4, -0.2) is 73.9 Å². The highest BCUT2D eigenvalue weighted by atomic mass is 19.1. The Morgan fingerprint density at radius 1 is 0.838 bits per heavy atom. The number of hydrogen-bond acceptors (Lipinski definition) is 6. The molecule has 0 aromatic heterocycles. The van der Waals surface area contributed by atoms with Crippen LogP contribution in [-0.2, 0) is 0 Å². The number of amides is 1. The van der Waals surface area contributed by atoms with Gasteiger partial charge in [0, 0.05) is 37.8 Å². The second kappa shape index (κ2) is 13.0. The van der Waals surface area contributed by atoms with Crippen LogP contribution in [0.5, 0.6) is 23.0 Å². The van der Waals surface area contributed by atoms with E-state index in [0.29, 0.717) is 67.5 Å². The molecule has 37 heavy (non-hydrogen) atoms. The molecule has 0 radical (unpaired) electrons. The number of likely N-dealkylation sites (tertiary alicyclic amines) is 2. The third-order valence-corrected chi connectivity index (χ3v) is 7.03. The van der Waals surface area contributed by atoms with Gasteiger partial charge in [-0.15, -0.1) is 0 Å². The zero-order valence-electron chi connectivity index (χ0n) is 22.2. The molecular weight excluding hydrogens is 475 g/mol. The van der Waals surface area contributed by atoms with Gasteiger partial charge in [0.25, 0.3) is 5.91 Å². The van der Waals surface area contributed by atoms with Crippen LogP contribution >= 0.6 is 0 Å². The number of carbonyl (C=O) groups excluding carboxylic acids is 1. The molecular formula is C29H39FN2O5. The lowest BCUT2D eigenvalue weighted by Crippen LogP contribution is -2.50. The van der Waals surface area contributed by atoms with Gasteiger partial charge in [0.15, 0.2) is 23.1 Å². The van der Waals surface area contributed by atoms with E-state index in [2.05, 4.69) is 4.90 Å². The third kappa shape index (κ3) is 6.66. The molecule has 7 nitrogen and oxygen atoms in total. The van der Waals surface area contributed by atoms with Gasteiger partial charge in [0.05, 0.1) is 19.8 Å². The summed E-state index contributed by atoms with van der Waals surface area (Å²) in [6.45, 7) is 10.4. The Balaban J connectivity index is 1.33. The molecule has 0 unspecified atom stereocenters. The Morgan fingerprint density at radius 3 is 2.00 bits per heavy atom. The van der Waals surface area contributed by atoms with Gasteiger partial charge in [-0.3, -0.25) is 9.69 Å². The van der Waals surface area contributed by atoms with E-state index >= 15 is 0 Å². The smallest absolute Gasteiger partial charge is 0.254 e. The first-order chi connectivity index (χ1) is 18.0. The number of piperidine rings is 2. The molecule has 4 rings (SSSR count). The summed E-state index contributed by atoms with van der Waals surface area (Å²) in [6.07, 6.45) is 3.64. The van der Waals surface area contributed by atoms with Crippen molar-refractivity contribution in [1.82, 2.24) is 9.80 Å². The first kappa shape index (κ1) is 27.0. The van der Waals surface area contributed by atoms with Crippen molar-refractivity contribution < 1.29 is 28.1 Å². The molecule has 2 fully saturated rings. The topological polar surface area (TPSA) is 60.5 Å². The number of rotatable bonds is 10. The molecule has 0 spiro atoms. The van der Waals surface area contributed by atoms with Gasteiger partial charge in [-0.1, -0.05) is 12.1 Å². The summed E-state index contributed by atoms with van der Waals surface area (Å²) in [7, 11) is 0. The third-order valence-electron chi connectivity index (χ3n) is 7.03. The maximum absolute atomic E-state index is 13.9. The van der Waals surface area contributed by atoms with Crippen molar-refractivity contribution in [3.05, 3.63) is 47.8 Å². The number of ether oxygens (including phenoxy) is 4. The number of nitrogens with zero attached hydrogens (tertiary/aromatic N) is 2. The Labute approximate surface area is 219 Å². The van der Waals surface area contributed by atoms with Crippen molar-refractivity contribution in [3.63, 3.8) is 0 Å². The van der Waals surface area contributed by atoms with Crippen molar-refractivity contribution in [3.8, 4) is 23.0 Å². The zero-order valence-corrected chi connectivity index (χ0v) is 22.2. The fourth-order valence-corrected chi connectivity index (χ4v) is 5.21. The van der Waals surface area contributed by atoms with Crippen molar-refractivity contribution in [2.24, 2.45) is 0 Å². The molecule has 2 aromatic carbocycles. The van der Waals surface area contributed by atoms with Crippen molar-refractivity contribution in [1.29, 1.82) is 0 Å². The van der Waals surface area contributed by atoms with Crippen molar-refractivity contribution in [2.45, 2.75) is 58.6 Å². The first-order valence-electron chi connectivity index (χ1n) is 13.5. The fraction of sp³-hybridized carbons (Fsp3) is 0.552. The minimum Gasteiger partial charge on any atom is -0.490 e. The Bertz CT molecular complexity index is 1010. The summed E-state index contributed by atoms with van der Waals surface area (Å²) < 4.78 is 37.2. The summed E-state index contributed by atoms with van der Waals surface area (Å²) in [5.41, 5.74) is 0.555. The van der Waals surface area contributed by atoms with E-state index in [-0.39, 0.29) is 17.8 Å². The van der Waals surface area contributed by atoms with Gasteiger partial charge in [0.2, 0.25) is 5.75 Å². The number of halogens is 1. The molecule has 202 valence electrons. The van der Waals surface area contributed by atoms with Gasteiger partial charge >= 0.3 is 0 Å². The number of carbonyl (C=O) groups is 1. The SMILES string of the molecule is CCOc1cc(C(=O)N2CCC(N3CCC(Oc4ccccc4F)CC3)CC2)cc(OCC)c1OCC. The lowest BCUT2D eigenvalue weighted by atomic mass is 9.98. The largest absolute Gasteiger partial charge is 0.490 e. The molecule has 1 amide bonds. The normalized spacial score (nSPS) is 17.5. The predicted octanol–water partition coefficient (Wildman–Crippen LogP) is 5.17. The van der Waals surface area contributed by atoms with Crippen LogP contribution in [0.15, 0.2) is 36.4 Å². The molecule has 2 saturated heterocycles. The van der Waals surface area contributed by atoms with Crippen molar-refractivity contribution >= 4 is 5.91 Å². The predicted molar refractivity (Wildman–Crippen MR) is 140 cm³/mol. The molecule has 2 heterocycles. The van der Waals surface area contributed by atoms with Crippen LogP contribution in [0.3, 0.4) is 0 Å². The molecule has 0 saturated carbocycles. The number of hydrogen-bond donors (Lipinski definition) is 0. The van der Waals surface area contributed by atoms with Crippen LogP contribution in [0.4, 0.5) is 4.39 Å². The van der Waals surface area contributed by atoms with E-state index in [0.717, 1.165) is 38.8 Å². The van der Waals surface area contributed by atoms with E-state index in [1.54, 1.807) is 30.3 Å². The maximum Gasteiger partial charge on any atom is 0.254 e. The van der Waals surface area contributed by atoms with Gasteiger partial charge in [-0.2, -0.15) is 0 Å². The van der Waals surface area contributed by atoms with Gasteiger partial charge in [0.1, 0.15) is 6.10 Å². The van der Waals surface area contributed by atoms with E-state index < -0.39 is 0 Å². The van der Waals surface area contributed by atoms with E-state index in [1.807, 2.05) is 25.7 Å². The lowest BCUT2D eigenvalue weighted by molar-refractivity contribution is 0.0416. The van der Waals surface area contributed by atoms with Gasteiger partial charge < -0.3 is 23.8 Å². The minimum absolute atomic E-state index is 0.0135. The van der Waals surface area contributed by atoms with Gasteiger partial charge in [-0.05, 0) is 70.7 Å². The summed E-state index contributed by atoms with van der Waals surface area (Å²) >= 11 is 0. The van der Waals surface area contributed by atoms with E-state index in [1.165, 1.54) is 6.07 Å². The monoisotopic (exact) mass is 514 g/mol. The van der Waals surface area contributed by atoms with Crippen LogP contribution in [0.25, 0.3) is 0 Å². The Morgan fingerprint density at radius 2 is 1.43 bits per heavy atom. The molecule has 0 aliphatic carbocycles. The second-order valence-electron chi connectivity index (χ2n) is 9.41. The standard InChI is InChI=1S/C29H39FN2O5/c1-4-34-26-19-21(20-27(35-5-2)28(26)36-6-3)29(33)32-15-11-22(12-16-32)31-17-13-23(14-18-31)37-25-10-8-7-9-24(25)30/h7-10,19-20,22-23H,4-6,11-18H2,1-3H3. The second-order valence-corrected chi connectivity index (χ2v) is 9.41. The molecule has 8 heteroatoms. The van der Waals surface area contributed by atoms with Gasteiger partial charge in [-0.25, -0.2) is 4.39 Å². The average molecular weight is 515 g/mol. The molecule has 0 atom stereocenters. The summed E-state index contributed by atoms with van der Waals surface area (Å²) in [4.78, 5) is 17.8. The number of benzene rings is 2. The molecule has 2 aliphatic rings. The summed E-state index contributed by atoms with van der Waals surface area (Å²) in [5.74, 6) is 1.63. The number of para-hydroxylation sites is 1. The lowest BCUT2D eigenvalue weighted by Gasteiger charge is -2.41. The molecule has 2 aliphatic heterocycles. The quantitative estimate of drug-likeness (QED) is 0.436. The maximum atomic E-state index is 13.9. The first-order valence-corrected chi connectivity index (χ1v) is 13.5. The van der Waals surface area contributed by atoms with E-state index in [9.17, 15) is 9.18 Å². The van der Waals surface area contributed by atoms with Crippen LogP contribution < -0.4 is 18.9 Å². The molecule has 2 aromatic rings.